The summed E-state index contributed by atoms with van der Waals surface area (Å²) in [6.07, 6.45) is -2.28. The minimum absolute atomic E-state index is 0.00970. The first-order chi connectivity index (χ1) is 9.85. The molecule has 1 aliphatic rings. The molecule has 0 bridgehead atoms. The van der Waals surface area contributed by atoms with Crippen molar-refractivity contribution in [1.82, 2.24) is 14.7 Å². The van der Waals surface area contributed by atoms with Gasteiger partial charge < -0.3 is 4.74 Å². The summed E-state index contributed by atoms with van der Waals surface area (Å²) in [7, 11) is 1.57. The predicted molar refractivity (Wildman–Crippen MR) is 75.5 cm³/mol. The number of halogens is 4. The summed E-state index contributed by atoms with van der Waals surface area (Å²) >= 11 is 3.40. The number of alkyl halides is 3. The molecule has 0 radical (unpaired) electrons. The van der Waals surface area contributed by atoms with Crippen molar-refractivity contribution in [2.24, 2.45) is 0 Å². The summed E-state index contributed by atoms with van der Waals surface area (Å²) in [5, 5.41) is 5.35. The fourth-order valence-corrected chi connectivity index (χ4v) is 3.00. The Morgan fingerprint density at radius 1 is 1.38 bits per heavy atom. The Morgan fingerprint density at radius 3 is 2.71 bits per heavy atom. The highest BCUT2D eigenvalue weighted by molar-refractivity contribution is 9.10. The quantitative estimate of drug-likeness (QED) is 0.838. The molecular weight excluding hydrogens is 351 g/mol. The van der Waals surface area contributed by atoms with Crippen molar-refractivity contribution in [3.05, 3.63) is 22.8 Å². The fraction of sp³-hybridized carbons (Fsp3) is 0.462. The number of hydrogen-bond acceptors (Lipinski definition) is 3. The third-order valence-electron chi connectivity index (χ3n) is 3.51. The Balaban J connectivity index is 1.75. The molecule has 21 heavy (non-hydrogen) atoms. The topological polar surface area (TPSA) is 30.3 Å². The number of fused-ring (bicyclic) bond motifs is 1. The van der Waals surface area contributed by atoms with Crippen LogP contribution in [0.3, 0.4) is 0 Å². The lowest BCUT2D eigenvalue weighted by atomic mass is 10.1. The normalized spacial score (nSPS) is 17.2. The summed E-state index contributed by atoms with van der Waals surface area (Å²) in [4.78, 5) is 1.37. The van der Waals surface area contributed by atoms with Gasteiger partial charge in [0.05, 0.1) is 29.7 Å². The van der Waals surface area contributed by atoms with Gasteiger partial charge in [-0.1, -0.05) is 0 Å². The molecule has 1 aromatic carbocycles. The number of benzene rings is 1. The maximum atomic E-state index is 12.3. The molecule has 1 saturated heterocycles. The molecule has 0 N–H and O–H groups in total. The monoisotopic (exact) mass is 363 g/mol. The minimum Gasteiger partial charge on any atom is -0.495 e. The van der Waals surface area contributed by atoms with E-state index in [1.807, 2.05) is 18.3 Å². The first-order valence-corrected chi connectivity index (χ1v) is 7.16. The number of nitrogens with zero attached hydrogens (tertiary/aromatic N) is 3. The Hall–Kier alpha value is -1.28. The largest absolute Gasteiger partial charge is 0.495 e. The van der Waals surface area contributed by atoms with Crippen molar-refractivity contribution in [3.63, 3.8) is 0 Å². The van der Waals surface area contributed by atoms with Gasteiger partial charge in [-0.05, 0) is 22.0 Å². The molecule has 1 aliphatic heterocycles. The van der Waals surface area contributed by atoms with Crippen LogP contribution < -0.4 is 4.74 Å². The average Bonchev–Trinajstić information content (AvgIpc) is 2.73. The molecule has 1 fully saturated rings. The van der Waals surface area contributed by atoms with E-state index >= 15 is 0 Å². The summed E-state index contributed by atoms with van der Waals surface area (Å²) in [6, 6.07) is 3.69. The first-order valence-electron chi connectivity index (χ1n) is 6.37. The average molecular weight is 364 g/mol. The van der Waals surface area contributed by atoms with Gasteiger partial charge in [0.25, 0.3) is 0 Å². The van der Waals surface area contributed by atoms with Gasteiger partial charge in [-0.25, -0.2) is 0 Å². The second-order valence-electron chi connectivity index (χ2n) is 5.12. The highest BCUT2D eigenvalue weighted by Gasteiger charge is 2.38. The lowest BCUT2D eigenvalue weighted by Gasteiger charge is -2.39. The van der Waals surface area contributed by atoms with Gasteiger partial charge >= 0.3 is 6.18 Å². The van der Waals surface area contributed by atoms with Crippen LogP contribution in [-0.2, 0) is 0 Å². The molecule has 3 rings (SSSR count). The van der Waals surface area contributed by atoms with Gasteiger partial charge in [0.1, 0.15) is 5.75 Å². The van der Waals surface area contributed by atoms with E-state index in [-0.39, 0.29) is 6.04 Å². The molecule has 2 heterocycles. The van der Waals surface area contributed by atoms with E-state index in [4.69, 9.17) is 4.74 Å². The van der Waals surface area contributed by atoms with Crippen LogP contribution in [0.15, 0.2) is 22.8 Å². The van der Waals surface area contributed by atoms with Gasteiger partial charge in [0.2, 0.25) is 0 Å². The third kappa shape index (κ3) is 3.01. The van der Waals surface area contributed by atoms with Crippen LogP contribution in [-0.4, -0.2) is 47.6 Å². The molecular formula is C13H13BrF3N3O. The number of hydrogen-bond donors (Lipinski definition) is 0. The zero-order valence-corrected chi connectivity index (χ0v) is 12.8. The van der Waals surface area contributed by atoms with Crippen LogP contribution in [0.2, 0.25) is 0 Å². The number of likely N-dealkylation sites (tertiary alicyclic amines) is 1. The van der Waals surface area contributed by atoms with E-state index in [1.54, 1.807) is 11.8 Å². The molecule has 2 aromatic rings. The molecule has 114 valence electrons. The lowest BCUT2D eigenvalue weighted by Crippen LogP contribution is -2.51. The molecule has 8 heteroatoms. The van der Waals surface area contributed by atoms with Gasteiger partial charge in [0, 0.05) is 30.7 Å². The second kappa shape index (κ2) is 5.17. The van der Waals surface area contributed by atoms with Gasteiger partial charge in [-0.15, -0.1) is 0 Å². The Labute approximate surface area is 127 Å². The maximum absolute atomic E-state index is 12.3. The highest BCUT2D eigenvalue weighted by Crippen LogP contribution is 2.32. The van der Waals surface area contributed by atoms with Crippen molar-refractivity contribution in [2.45, 2.75) is 12.2 Å². The molecule has 1 aromatic heterocycles. The highest BCUT2D eigenvalue weighted by atomic mass is 79.9. The maximum Gasteiger partial charge on any atom is 0.401 e. The molecule has 0 spiro atoms. The van der Waals surface area contributed by atoms with Crippen molar-refractivity contribution in [1.29, 1.82) is 0 Å². The van der Waals surface area contributed by atoms with E-state index in [1.165, 1.54) is 4.90 Å². The van der Waals surface area contributed by atoms with E-state index in [0.717, 1.165) is 15.4 Å². The van der Waals surface area contributed by atoms with E-state index in [0.29, 0.717) is 18.8 Å². The summed E-state index contributed by atoms with van der Waals surface area (Å²) in [5.74, 6) is 0.681. The van der Waals surface area contributed by atoms with Crippen LogP contribution >= 0.6 is 15.9 Å². The van der Waals surface area contributed by atoms with E-state index < -0.39 is 12.7 Å². The molecule has 0 atom stereocenters. The molecule has 0 saturated carbocycles. The van der Waals surface area contributed by atoms with Crippen molar-refractivity contribution < 1.29 is 17.9 Å². The number of methoxy groups -OCH3 is 1. The smallest absolute Gasteiger partial charge is 0.401 e. The molecule has 4 nitrogen and oxygen atoms in total. The lowest BCUT2D eigenvalue weighted by molar-refractivity contribution is -0.157. The van der Waals surface area contributed by atoms with Crippen LogP contribution in [0.5, 0.6) is 5.75 Å². The van der Waals surface area contributed by atoms with Crippen LogP contribution in [0.25, 0.3) is 10.9 Å². The number of ether oxygens (including phenoxy) is 1. The molecule has 0 unspecified atom stereocenters. The summed E-state index contributed by atoms with van der Waals surface area (Å²) < 4.78 is 44.6. The van der Waals surface area contributed by atoms with Crippen LogP contribution in [0.4, 0.5) is 13.2 Å². The predicted octanol–water partition coefficient (Wildman–Crippen LogP) is 3.23. The van der Waals surface area contributed by atoms with Crippen molar-refractivity contribution in [2.75, 3.05) is 26.7 Å². The van der Waals surface area contributed by atoms with Crippen molar-refractivity contribution in [3.8, 4) is 5.75 Å². The number of aromatic nitrogens is 2. The van der Waals surface area contributed by atoms with Gasteiger partial charge in [-0.2, -0.15) is 18.3 Å². The van der Waals surface area contributed by atoms with Crippen LogP contribution in [0, 0.1) is 0 Å². The van der Waals surface area contributed by atoms with E-state index in [9.17, 15) is 13.2 Å². The second-order valence-corrected chi connectivity index (χ2v) is 5.97. The Morgan fingerprint density at radius 2 is 2.10 bits per heavy atom. The van der Waals surface area contributed by atoms with Gasteiger partial charge in [0.15, 0.2) is 0 Å². The first kappa shape index (κ1) is 14.6. The Kier molecular flexibility index (Phi) is 3.61. The number of rotatable bonds is 3. The standard InChI is InChI=1S/C13H13BrF3N3O/c1-21-12-3-11-8(2-10(12)14)4-20(18-11)9-5-19(6-9)7-13(15,16)17/h2-4,9H,5-7H2,1H3. The van der Waals surface area contributed by atoms with Gasteiger partial charge in [-0.3, -0.25) is 9.58 Å². The zero-order valence-electron chi connectivity index (χ0n) is 11.2. The van der Waals surface area contributed by atoms with E-state index in [2.05, 4.69) is 21.0 Å². The summed E-state index contributed by atoms with van der Waals surface area (Å²) in [5.41, 5.74) is 0.768. The molecule has 0 amide bonds. The third-order valence-corrected chi connectivity index (χ3v) is 4.13. The zero-order chi connectivity index (χ0) is 15.2. The SMILES string of the molecule is COc1cc2nn(C3CN(CC(F)(F)F)C3)cc2cc1Br. The minimum atomic E-state index is -4.14. The van der Waals surface area contributed by atoms with Crippen molar-refractivity contribution >= 4 is 26.8 Å². The molecule has 0 aliphatic carbocycles. The van der Waals surface area contributed by atoms with Crippen LogP contribution in [0.1, 0.15) is 6.04 Å². The Bertz CT molecular complexity index is 664. The fourth-order valence-electron chi connectivity index (χ4n) is 2.48. The summed E-state index contributed by atoms with van der Waals surface area (Å²) in [6.45, 7) is -0.124.